The standard InChI is InChI=1S/C17H25N3O2/c1-3-11-22-16-8-6-5-7-14(16)12-19-17(18-4-2)20-10-9-15(21)13-20/h3,5-8,15,21H,1,4,9-13H2,2H3,(H,18,19)/t15-/m1/s1. The number of β-amino-alcohol motifs (C(OH)–C–C–N with tert-alkyl or cyclic N) is 1. The largest absolute Gasteiger partial charge is 0.489 e. The second kappa shape index (κ2) is 8.44. The summed E-state index contributed by atoms with van der Waals surface area (Å²) in [5.41, 5.74) is 1.04. The van der Waals surface area contributed by atoms with Gasteiger partial charge in [-0.1, -0.05) is 30.9 Å². The summed E-state index contributed by atoms with van der Waals surface area (Å²) in [7, 11) is 0. The fourth-order valence-corrected chi connectivity index (χ4v) is 2.44. The van der Waals surface area contributed by atoms with Crippen LogP contribution in [-0.4, -0.2) is 48.3 Å². The minimum absolute atomic E-state index is 0.257. The van der Waals surface area contributed by atoms with Gasteiger partial charge in [0, 0.05) is 25.2 Å². The van der Waals surface area contributed by atoms with Gasteiger partial charge in [-0.25, -0.2) is 4.99 Å². The van der Waals surface area contributed by atoms with Gasteiger partial charge in [0.1, 0.15) is 12.4 Å². The maximum Gasteiger partial charge on any atom is 0.194 e. The van der Waals surface area contributed by atoms with Crippen LogP contribution in [0.2, 0.25) is 0 Å². The first-order chi connectivity index (χ1) is 10.7. The number of aliphatic hydroxyl groups excluding tert-OH is 1. The molecular weight excluding hydrogens is 278 g/mol. The number of hydrogen-bond acceptors (Lipinski definition) is 3. The second-order valence-electron chi connectivity index (χ2n) is 5.27. The zero-order chi connectivity index (χ0) is 15.8. The highest BCUT2D eigenvalue weighted by Crippen LogP contribution is 2.19. The number of rotatable bonds is 6. The number of para-hydroxylation sites is 1. The summed E-state index contributed by atoms with van der Waals surface area (Å²) in [6.45, 7) is 9.02. The Kier molecular flexibility index (Phi) is 6.27. The topological polar surface area (TPSA) is 57.1 Å². The first kappa shape index (κ1) is 16.4. The van der Waals surface area contributed by atoms with Crippen molar-refractivity contribution in [2.24, 2.45) is 4.99 Å². The lowest BCUT2D eigenvalue weighted by atomic mass is 10.2. The summed E-state index contributed by atoms with van der Waals surface area (Å²) in [6.07, 6.45) is 2.27. The van der Waals surface area contributed by atoms with Gasteiger partial charge in [-0.2, -0.15) is 0 Å². The lowest BCUT2D eigenvalue weighted by Crippen LogP contribution is -2.40. The van der Waals surface area contributed by atoms with Crippen molar-refractivity contribution in [2.75, 3.05) is 26.2 Å². The predicted molar refractivity (Wildman–Crippen MR) is 89.1 cm³/mol. The first-order valence-corrected chi connectivity index (χ1v) is 7.77. The van der Waals surface area contributed by atoms with Crippen LogP contribution in [0.4, 0.5) is 0 Å². The maximum absolute atomic E-state index is 9.69. The molecule has 0 aliphatic carbocycles. The summed E-state index contributed by atoms with van der Waals surface area (Å²) < 4.78 is 5.66. The third kappa shape index (κ3) is 4.49. The average molecular weight is 303 g/mol. The Morgan fingerprint density at radius 1 is 1.55 bits per heavy atom. The fourth-order valence-electron chi connectivity index (χ4n) is 2.44. The first-order valence-electron chi connectivity index (χ1n) is 7.77. The van der Waals surface area contributed by atoms with E-state index in [9.17, 15) is 5.11 Å². The minimum atomic E-state index is -0.257. The Morgan fingerprint density at radius 2 is 2.36 bits per heavy atom. The van der Waals surface area contributed by atoms with E-state index in [4.69, 9.17) is 4.74 Å². The molecule has 0 bridgehead atoms. The van der Waals surface area contributed by atoms with Gasteiger partial charge in [-0.3, -0.25) is 0 Å². The van der Waals surface area contributed by atoms with E-state index >= 15 is 0 Å². The Labute approximate surface area is 132 Å². The van der Waals surface area contributed by atoms with Crippen LogP contribution in [0.25, 0.3) is 0 Å². The number of ether oxygens (including phenoxy) is 1. The number of hydrogen-bond donors (Lipinski definition) is 2. The number of likely N-dealkylation sites (tertiary alicyclic amines) is 1. The van der Waals surface area contributed by atoms with E-state index in [1.807, 2.05) is 31.2 Å². The molecule has 1 aliphatic rings. The van der Waals surface area contributed by atoms with Gasteiger partial charge in [0.25, 0.3) is 0 Å². The highest BCUT2D eigenvalue weighted by atomic mass is 16.5. The highest BCUT2D eigenvalue weighted by molar-refractivity contribution is 5.80. The van der Waals surface area contributed by atoms with Crippen molar-refractivity contribution < 1.29 is 9.84 Å². The molecule has 0 aromatic heterocycles. The number of aliphatic imine (C=N–C) groups is 1. The molecule has 1 atom stereocenters. The summed E-state index contributed by atoms with van der Waals surface area (Å²) in [5.74, 6) is 1.68. The zero-order valence-corrected chi connectivity index (χ0v) is 13.2. The van der Waals surface area contributed by atoms with Gasteiger partial charge in [-0.15, -0.1) is 0 Å². The van der Waals surface area contributed by atoms with Crippen LogP contribution in [0.1, 0.15) is 18.9 Å². The number of benzene rings is 1. The van der Waals surface area contributed by atoms with Crippen LogP contribution in [0.15, 0.2) is 41.9 Å². The normalized spacial score (nSPS) is 18.4. The molecule has 0 unspecified atom stereocenters. The Balaban J connectivity index is 2.08. The van der Waals surface area contributed by atoms with E-state index in [0.29, 0.717) is 19.7 Å². The summed E-state index contributed by atoms with van der Waals surface area (Å²) in [5, 5.41) is 13.0. The van der Waals surface area contributed by atoms with Crippen LogP contribution < -0.4 is 10.1 Å². The van der Waals surface area contributed by atoms with E-state index in [-0.39, 0.29) is 6.10 Å². The summed E-state index contributed by atoms with van der Waals surface area (Å²) >= 11 is 0. The Bertz CT molecular complexity index is 516. The third-order valence-electron chi connectivity index (χ3n) is 3.53. The SMILES string of the molecule is C=CCOc1ccccc1CN=C(NCC)N1CC[C@@H](O)C1. The summed E-state index contributed by atoms with van der Waals surface area (Å²) in [4.78, 5) is 6.78. The van der Waals surface area contributed by atoms with Crippen LogP contribution in [0.3, 0.4) is 0 Å². The number of nitrogens with zero attached hydrogens (tertiary/aromatic N) is 2. The van der Waals surface area contributed by atoms with E-state index in [2.05, 4.69) is 21.8 Å². The smallest absolute Gasteiger partial charge is 0.194 e. The van der Waals surface area contributed by atoms with Crippen molar-refractivity contribution in [3.63, 3.8) is 0 Å². The highest BCUT2D eigenvalue weighted by Gasteiger charge is 2.22. The minimum Gasteiger partial charge on any atom is -0.489 e. The molecule has 0 amide bonds. The lowest BCUT2D eigenvalue weighted by molar-refractivity contribution is 0.188. The zero-order valence-electron chi connectivity index (χ0n) is 13.2. The van der Waals surface area contributed by atoms with E-state index in [0.717, 1.165) is 36.8 Å². The molecule has 1 aromatic carbocycles. The molecule has 2 N–H and O–H groups in total. The van der Waals surface area contributed by atoms with Crippen molar-refractivity contribution in [1.82, 2.24) is 10.2 Å². The molecule has 5 heteroatoms. The van der Waals surface area contributed by atoms with Gasteiger partial charge < -0.3 is 20.1 Å². The maximum atomic E-state index is 9.69. The van der Waals surface area contributed by atoms with E-state index in [1.54, 1.807) is 6.08 Å². The van der Waals surface area contributed by atoms with E-state index < -0.39 is 0 Å². The quantitative estimate of drug-likeness (QED) is 0.478. The average Bonchev–Trinajstić information content (AvgIpc) is 2.96. The predicted octanol–water partition coefficient (Wildman–Crippen LogP) is 1.78. The van der Waals surface area contributed by atoms with Crippen LogP contribution in [0.5, 0.6) is 5.75 Å². The molecule has 0 radical (unpaired) electrons. The monoisotopic (exact) mass is 303 g/mol. The third-order valence-corrected chi connectivity index (χ3v) is 3.53. The number of guanidine groups is 1. The van der Waals surface area contributed by atoms with Gasteiger partial charge in [0.2, 0.25) is 0 Å². The van der Waals surface area contributed by atoms with Gasteiger partial charge in [-0.05, 0) is 19.4 Å². The molecule has 1 heterocycles. The molecule has 1 aromatic rings. The number of nitrogens with one attached hydrogen (secondary N) is 1. The molecular formula is C17H25N3O2. The molecule has 120 valence electrons. The van der Waals surface area contributed by atoms with Crippen LogP contribution in [0, 0.1) is 0 Å². The van der Waals surface area contributed by atoms with Crippen molar-refractivity contribution in [2.45, 2.75) is 26.0 Å². The van der Waals surface area contributed by atoms with Gasteiger partial charge in [0.15, 0.2) is 5.96 Å². The van der Waals surface area contributed by atoms with Gasteiger partial charge in [0.05, 0.1) is 12.6 Å². The molecule has 5 nitrogen and oxygen atoms in total. The molecule has 1 aliphatic heterocycles. The molecule has 2 rings (SSSR count). The molecule has 0 spiro atoms. The molecule has 22 heavy (non-hydrogen) atoms. The Hall–Kier alpha value is -2.01. The van der Waals surface area contributed by atoms with Crippen molar-refractivity contribution in [3.05, 3.63) is 42.5 Å². The Morgan fingerprint density at radius 3 is 3.05 bits per heavy atom. The van der Waals surface area contributed by atoms with Gasteiger partial charge >= 0.3 is 0 Å². The lowest BCUT2D eigenvalue weighted by Gasteiger charge is -2.21. The number of aliphatic hydroxyl groups is 1. The molecule has 1 saturated heterocycles. The van der Waals surface area contributed by atoms with Crippen LogP contribution in [-0.2, 0) is 6.54 Å². The van der Waals surface area contributed by atoms with Crippen LogP contribution >= 0.6 is 0 Å². The van der Waals surface area contributed by atoms with E-state index in [1.165, 1.54) is 0 Å². The molecule has 1 fully saturated rings. The second-order valence-corrected chi connectivity index (χ2v) is 5.27. The van der Waals surface area contributed by atoms with Crippen molar-refractivity contribution in [3.8, 4) is 5.75 Å². The fraction of sp³-hybridized carbons (Fsp3) is 0.471. The summed E-state index contributed by atoms with van der Waals surface area (Å²) in [6, 6.07) is 7.90. The van der Waals surface area contributed by atoms with Crippen molar-refractivity contribution >= 4 is 5.96 Å². The molecule has 0 saturated carbocycles. The van der Waals surface area contributed by atoms with Crippen molar-refractivity contribution in [1.29, 1.82) is 0 Å².